The molecule has 1 fully saturated rings. The Morgan fingerprint density at radius 1 is 1.03 bits per heavy atom. The van der Waals surface area contributed by atoms with E-state index < -0.39 is 23.9 Å². The molecule has 2 amide bonds. The van der Waals surface area contributed by atoms with Crippen LogP contribution in [-0.2, 0) is 22.7 Å². The number of alkyl halides is 1. The molecule has 2 atom stereocenters. The van der Waals surface area contributed by atoms with Crippen molar-refractivity contribution in [3.05, 3.63) is 71.8 Å². The van der Waals surface area contributed by atoms with Gasteiger partial charge in [-0.2, -0.15) is 0 Å². The van der Waals surface area contributed by atoms with Gasteiger partial charge in [0.25, 0.3) is 0 Å². The molecule has 2 aromatic rings. The van der Waals surface area contributed by atoms with Gasteiger partial charge >= 0.3 is 12.2 Å². The van der Waals surface area contributed by atoms with Gasteiger partial charge in [0.15, 0.2) is 0 Å². The van der Waals surface area contributed by atoms with E-state index in [-0.39, 0.29) is 32.6 Å². The van der Waals surface area contributed by atoms with Crippen LogP contribution < -0.4 is 5.32 Å². The first kappa shape index (κ1) is 22.6. The summed E-state index contributed by atoms with van der Waals surface area (Å²) in [5, 5.41) is 2.64. The van der Waals surface area contributed by atoms with Gasteiger partial charge in [-0.3, -0.25) is 0 Å². The highest BCUT2D eigenvalue weighted by Crippen LogP contribution is 2.30. The standard InChI is InChI=1S/C24H29FN2O4/c1-2-24(25)14-9-15-27(23(29)31-18-20-12-7-4-8-13-20)16-21(24)26-22(28)30-17-19-10-5-3-6-11-19/h3-8,10-13,21H,2,9,14-18H2,1H3,(H,26,28). The maximum atomic E-state index is 15.6. The van der Waals surface area contributed by atoms with Gasteiger partial charge in [-0.05, 0) is 30.4 Å². The number of amides is 2. The number of halogens is 1. The van der Waals surface area contributed by atoms with Gasteiger partial charge in [0.1, 0.15) is 18.9 Å². The quantitative estimate of drug-likeness (QED) is 0.715. The fraction of sp³-hybridized carbons (Fsp3) is 0.417. The zero-order valence-electron chi connectivity index (χ0n) is 17.8. The summed E-state index contributed by atoms with van der Waals surface area (Å²) in [5.74, 6) is 0. The van der Waals surface area contributed by atoms with Crippen molar-refractivity contribution in [1.82, 2.24) is 10.2 Å². The molecule has 2 aromatic carbocycles. The first-order valence-corrected chi connectivity index (χ1v) is 10.6. The average Bonchev–Trinajstić information content (AvgIpc) is 2.97. The molecule has 6 nitrogen and oxygen atoms in total. The van der Waals surface area contributed by atoms with Gasteiger partial charge in [0, 0.05) is 13.1 Å². The van der Waals surface area contributed by atoms with Crippen LogP contribution in [-0.4, -0.2) is 41.9 Å². The molecule has 1 saturated heterocycles. The number of likely N-dealkylation sites (tertiary alicyclic amines) is 1. The minimum Gasteiger partial charge on any atom is -0.445 e. The van der Waals surface area contributed by atoms with Crippen molar-refractivity contribution >= 4 is 12.2 Å². The van der Waals surface area contributed by atoms with E-state index in [4.69, 9.17) is 9.47 Å². The molecule has 0 aromatic heterocycles. The molecule has 166 valence electrons. The first-order chi connectivity index (χ1) is 15.0. The molecular weight excluding hydrogens is 399 g/mol. The number of hydrogen-bond donors (Lipinski definition) is 1. The topological polar surface area (TPSA) is 67.9 Å². The summed E-state index contributed by atoms with van der Waals surface area (Å²) >= 11 is 0. The van der Waals surface area contributed by atoms with Crippen LogP contribution in [0.4, 0.5) is 14.0 Å². The number of alkyl carbamates (subject to hydrolysis) is 1. The van der Waals surface area contributed by atoms with Crippen molar-refractivity contribution in [3.8, 4) is 0 Å². The van der Waals surface area contributed by atoms with E-state index in [1.54, 1.807) is 6.92 Å². The number of carbonyl (C=O) groups is 2. The summed E-state index contributed by atoms with van der Waals surface area (Å²) in [4.78, 5) is 26.4. The fourth-order valence-electron chi connectivity index (χ4n) is 3.69. The molecule has 1 aliphatic rings. The van der Waals surface area contributed by atoms with E-state index >= 15 is 4.39 Å². The Kier molecular flexibility index (Phi) is 7.87. The van der Waals surface area contributed by atoms with Crippen molar-refractivity contribution in [1.29, 1.82) is 0 Å². The molecular formula is C24H29FN2O4. The summed E-state index contributed by atoms with van der Waals surface area (Å²) in [6, 6.07) is 17.7. The Bertz CT molecular complexity index is 849. The fourth-order valence-corrected chi connectivity index (χ4v) is 3.69. The second-order valence-electron chi connectivity index (χ2n) is 7.74. The van der Waals surface area contributed by atoms with Crippen LogP contribution in [0.5, 0.6) is 0 Å². The third kappa shape index (κ3) is 6.44. The highest BCUT2D eigenvalue weighted by atomic mass is 19.1. The van der Waals surface area contributed by atoms with E-state index in [0.29, 0.717) is 13.0 Å². The number of ether oxygens (including phenoxy) is 2. The Morgan fingerprint density at radius 2 is 1.61 bits per heavy atom. The Labute approximate surface area is 182 Å². The number of carbonyl (C=O) groups excluding carboxylic acids is 2. The monoisotopic (exact) mass is 428 g/mol. The van der Waals surface area contributed by atoms with E-state index in [0.717, 1.165) is 11.1 Å². The molecule has 3 rings (SSSR count). The van der Waals surface area contributed by atoms with Crippen LogP contribution >= 0.6 is 0 Å². The lowest BCUT2D eigenvalue weighted by molar-refractivity contribution is 0.0648. The number of benzene rings is 2. The van der Waals surface area contributed by atoms with E-state index in [1.165, 1.54) is 4.90 Å². The minimum absolute atomic E-state index is 0.0262. The molecule has 7 heteroatoms. The van der Waals surface area contributed by atoms with Gasteiger partial charge in [-0.25, -0.2) is 14.0 Å². The van der Waals surface area contributed by atoms with Crippen molar-refractivity contribution < 1.29 is 23.5 Å². The normalized spacial score (nSPS) is 21.1. The van der Waals surface area contributed by atoms with Crippen LogP contribution in [0.1, 0.15) is 37.3 Å². The predicted octanol–water partition coefficient (Wildman–Crippen LogP) is 4.83. The predicted molar refractivity (Wildman–Crippen MR) is 115 cm³/mol. The molecule has 1 N–H and O–H groups in total. The lowest BCUT2D eigenvalue weighted by atomic mass is 9.89. The maximum absolute atomic E-state index is 15.6. The van der Waals surface area contributed by atoms with Crippen molar-refractivity contribution in [2.45, 2.75) is 51.1 Å². The smallest absolute Gasteiger partial charge is 0.410 e. The van der Waals surface area contributed by atoms with E-state index in [1.807, 2.05) is 60.7 Å². The zero-order chi connectivity index (χ0) is 22.1. The van der Waals surface area contributed by atoms with Crippen LogP contribution in [0.3, 0.4) is 0 Å². The van der Waals surface area contributed by atoms with Gasteiger partial charge in [-0.1, -0.05) is 67.6 Å². The first-order valence-electron chi connectivity index (χ1n) is 10.6. The van der Waals surface area contributed by atoms with Crippen LogP contribution in [0.25, 0.3) is 0 Å². The second-order valence-corrected chi connectivity index (χ2v) is 7.74. The van der Waals surface area contributed by atoms with Crippen molar-refractivity contribution in [2.24, 2.45) is 0 Å². The highest BCUT2D eigenvalue weighted by Gasteiger charge is 2.42. The molecule has 31 heavy (non-hydrogen) atoms. The summed E-state index contributed by atoms with van der Waals surface area (Å²) in [6.07, 6.45) is -0.265. The Balaban J connectivity index is 1.60. The molecule has 0 aliphatic carbocycles. The summed E-state index contributed by atoms with van der Waals surface area (Å²) in [7, 11) is 0. The van der Waals surface area contributed by atoms with Crippen LogP contribution in [0.15, 0.2) is 60.7 Å². The molecule has 1 aliphatic heterocycles. The second kappa shape index (κ2) is 10.8. The minimum atomic E-state index is -1.62. The van der Waals surface area contributed by atoms with Gasteiger partial charge < -0.3 is 19.7 Å². The van der Waals surface area contributed by atoms with Gasteiger partial charge in [-0.15, -0.1) is 0 Å². The van der Waals surface area contributed by atoms with Crippen molar-refractivity contribution in [3.63, 3.8) is 0 Å². The van der Waals surface area contributed by atoms with Crippen LogP contribution in [0.2, 0.25) is 0 Å². The molecule has 0 radical (unpaired) electrons. The lowest BCUT2D eigenvalue weighted by Gasteiger charge is -2.33. The molecule has 0 saturated carbocycles. The summed E-state index contributed by atoms with van der Waals surface area (Å²) in [6.45, 7) is 2.37. The van der Waals surface area contributed by atoms with Gasteiger partial charge in [0.05, 0.1) is 6.04 Å². The highest BCUT2D eigenvalue weighted by molar-refractivity contribution is 5.69. The number of nitrogens with one attached hydrogen (secondary N) is 1. The number of rotatable bonds is 6. The summed E-state index contributed by atoms with van der Waals surface area (Å²) < 4.78 is 26.3. The number of nitrogens with zero attached hydrogens (tertiary/aromatic N) is 1. The molecule has 1 heterocycles. The number of hydrogen-bond acceptors (Lipinski definition) is 4. The van der Waals surface area contributed by atoms with Crippen molar-refractivity contribution in [2.75, 3.05) is 13.1 Å². The van der Waals surface area contributed by atoms with E-state index in [2.05, 4.69) is 5.32 Å². The lowest BCUT2D eigenvalue weighted by Crippen LogP contribution is -2.54. The zero-order valence-corrected chi connectivity index (χ0v) is 17.8. The third-order valence-corrected chi connectivity index (χ3v) is 5.60. The Morgan fingerprint density at radius 3 is 2.19 bits per heavy atom. The molecule has 0 spiro atoms. The summed E-state index contributed by atoms with van der Waals surface area (Å²) in [5.41, 5.74) is 0.0881. The maximum Gasteiger partial charge on any atom is 0.410 e. The Hall–Kier alpha value is -3.09. The van der Waals surface area contributed by atoms with Crippen LogP contribution in [0, 0.1) is 0 Å². The molecule has 0 bridgehead atoms. The molecule has 2 unspecified atom stereocenters. The SMILES string of the molecule is CCC1(F)CCCN(C(=O)OCc2ccccc2)CC1NC(=O)OCc1ccccc1. The average molecular weight is 429 g/mol. The third-order valence-electron chi connectivity index (χ3n) is 5.60. The van der Waals surface area contributed by atoms with E-state index in [9.17, 15) is 9.59 Å². The largest absolute Gasteiger partial charge is 0.445 e. The van der Waals surface area contributed by atoms with Gasteiger partial charge in [0.2, 0.25) is 0 Å².